The van der Waals surface area contributed by atoms with Crippen LogP contribution in [0.1, 0.15) is 43.4 Å². The fourth-order valence-corrected chi connectivity index (χ4v) is 4.19. The molecule has 5 rings (SSSR count). The lowest BCUT2D eigenvalue weighted by molar-refractivity contribution is -0.116. The Bertz CT molecular complexity index is 1220. The van der Waals surface area contributed by atoms with Gasteiger partial charge in [-0.05, 0) is 61.7 Å². The number of aromatic nitrogens is 3. The number of rotatable bonds is 4. The second-order valence-corrected chi connectivity index (χ2v) is 7.59. The van der Waals surface area contributed by atoms with E-state index in [2.05, 4.69) is 11.4 Å². The van der Waals surface area contributed by atoms with Gasteiger partial charge in [0.05, 0.1) is 18.2 Å². The fourth-order valence-electron chi connectivity index (χ4n) is 4.19. The molecule has 2 aromatic carbocycles. The number of anilines is 1. The quantitative estimate of drug-likeness (QED) is 0.690. The number of Topliss-reactive ketones (excluding diaryl/α,β-unsaturated/α-hetero) is 1. The molecule has 1 unspecified atom stereocenters. The van der Waals surface area contributed by atoms with Crippen LogP contribution in [-0.2, 0) is 4.79 Å². The third-order valence-electron chi connectivity index (χ3n) is 5.65. The van der Waals surface area contributed by atoms with Crippen molar-refractivity contribution < 1.29 is 9.53 Å². The van der Waals surface area contributed by atoms with E-state index in [-0.39, 0.29) is 11.8 Å². The maximum atomic E-state index is 12.9. The summed E-state index contributed by atoms with van der Waals surface area (Å²) in [5, 5.41) is 17.3. The number of nitrogens with zero attached hydrogens (tertiary/aromatic N) is 4. The zero-order valence-electron chi connectivity index (χ0n) is 17.1. The van der Waals surface area contributed by atoms with Gasteiger partial charge in [-0.25, -0.2) is 4.68 Å². The summed E-state index contributed by atoms with van der Waals surface area (Å²) >= 11 is 0. The molecule has 0 fully saturated rings. The fraction of sp³-hybridized carbons (Fsp3) is 0.250. The molecule has 0 spiro atoms. The molecular weight excluding hydrogens is 390 g/mol. The molecule has 1 aliphatic heterocycles. The lowest BCUT2D eigenvalue weighted by atomic mass is 9.85. The number of carbonyl (C=O) groups excluding carboxylic acids is 1. The monoisotopic (exact) mass is 411 g/mol. The van der Waals surface area contributed by atoms with Gasteiger partial charge in [0.15, 0.2) is 11.6 Å². The van der Waals surface area contributed by atoms with Gasteiger partial charge in [0.2, 0.25) is 5.95 Å². The molecule has 2 aliphatic rings. The molecule has 7 nitrogen and oxygen atoms in total. The number of hydrogen-bond donors (Lipinski definition) is 1. The van der Waals surface area contributed by atoms with Crippen molar-refractivity contribution in [1.29, 1.82) is 5.26 Å². The van der Waals surface area contributed by atoms with Gasteiger partial charge in [-0.1, -0.05) is 12.1 Å². The Morgan fingerprint density at radius 3 is 2.65 bits per heavy atom. The zero-order valence-corrected chi connectivity index (χ0v) is 17.1. The number of carbonyl (C=O) groups is 1. The van der Waals surface area contributed by atoms with Crippen LogP contribution in [0.4, 0.5) is 5.95 Å². The first-order chi connectivity index (χ1) is 15.2. The number of hydrogen-bond acceptors (Lipinski definition) is 6. The van der Waals surface area contributed by atoms with Crippen LogP contribution in [0.15, 0.2) is 59.8 Å². The molecule has 1 aliphatic carbocycles. The summed E-state index contributed by atoms with van der Waals surface area (Å²) in [6.45, 7) is 2.56. The van der Waals surface area contributed by atoms with Crippen LogP contribution in [0.5, 0.6) is 5.75 Å². The Hall–Kier alpha value is -3.92. The summed E-state index contributed by atoms with van der Waals surface area (Å²) in [4.78, 5) is 17.6. The Balaban J connectivity index is 1.60. The van der Waals surface area contributed by atoms with Gasteiger partial charge in [0.25, 0.3) is 0 Å². The number of benzene rings is 2. The standard InChI is InChI=1S/C24H21N5O2/c1-2-31-18-12-10-17(11-13-18)23-27-24-26-19-4-3-5-20(30)21(19)22(29(24)28-23)16-8-6-15(14-25)7-9-16/h6-13,22H,2-5H2,1H3,(H,26,27,28). The van der Waals surface area contributed by atoms with E-state index in [0.717, 1.165) is 41.0 Å². The molecule has 0 bridgehead atoms. The van der Waals surface area contributed by atoms with Crippen LogP contribution < -0.4 is 10.1 Å². The van der Waals surface area contributed by atoms with Crippen LogP contribution >= 0.6 is 0 Å². The van der Waals surface area contributed by atoms with Crippen LogP contribution in [0.25, 0.3) is 11.4 Å². The zero-order chi connectivity index (χ0) is 21.4. The smallest absolute Gasteiger partial charge is 0.226 e. The van der Waals surface area contributed by atoms with Crippen molar-refractivity contribution in [2.24, 2.45) is 0 Å². The van der Waals surface area contributed by atoms with Crippen molar-refractivity contribution in [2.45, 2.75) is 32.2 Å². The van der Waals surface area contributed by atoms with Gasteiger partial charge in [-0.3, -0.25) is 4.79 Å². The highest BCUT2D eigenvalue weighted by molar-refractivity contribution is 5.99. The van der Waals surface area contributed by atoms with E-state index in [0.29, 0.717) is 30.4 Å². The number of nitriles is 1. The second-order valence-electron chi connectivity index (χ2n) is 7.59. The van der Waals surface area contributed by atoms with Gasteiger partial charge in [0, 0.05) is 23.3 Å². The van der Waals surface area contributed by atoms with Crippen LogP contribution in [0.3, 0.4) is 0 Å². The van der Waals surface area contributed by atoms with Crippen molar-refractivity contribution in [3.8, 4) is 23.2 Å². The first-order valence-corrected chi connectivity index (χ1v) is 10.4. The first-order valence-electron chi connectivity index (χ1n) is 10.4. The summed E-state index contributed by atoms with van der Waals surface area (Å²) in [6, 6.07) is 16.8. The summed E-state index contributed by atoms with van der Waals surface area (Å²) in [6.07, 6.45) is 2.16. The SMILES string of the molecule is CCOc1ccc(-c2nc3n(n2)C(c2ccc(C#N)cc2)C2=C(CCCC2=O)N3)cc1. The molecule has 0 amide bonds. The lowest BCUT2D eigenvalue weighted by Gasteiger charge is -2.32. The van der Waals surface area contributed by atoms with Crippen molar-refractivity contribution in [1.82, 2.24) is 14.8 Å². The minimum Gasteiger partial charge on any atom is -0.494 e. The minimum atomic E-state index is -0.365. The minimum absolute atomic E-state index is 0.131. The Morgan fingerprint density at radius 2 is 1.94 bits per heavy atom. The molecule has 1 N–H and O–H groups in total. The lowest BCUT2D eigenvalue weighted by Crippen LogP contribution is -2.31. The van der Waals surface area contributed by atoms with E-state index >= 15 is 0 Å². The highest BCUT2D eigenvalue weighted by Crippen LogP contribution is 2.40. The largest absolute Gasteiger partial charge is 0.494 e. The number of allylic oxidation sites excluding steroid dienone is 2. The maximum absolute atomic E-state index is 12.9. The Labute approximate surface area is 180 Å². The number of ketones is 1. The van der Waals surface area contributed by atoms with Gasteiger partial charge >= 0.3 is 0 Å². The topological polar surface area (TPSA) is 92.8 Å². The third kappa shape index (κ3) is 3.36. The predicted octanol–water partition coefficient (Wildman–Crippen LogP) is 4.24. The average molecular weight is 411 g/mol. The van der Waals surface area contributed by atoms with Crippen molar-refractivity contribution in [2.75, 3.05) is 11.9 Å². The van der Waals surface area contributed by atoms with E-state index < -0.39 is 0 Å². The number of nitrogens with one attached hydrogen (secondary N) is 1. The van der Waals surface area contributed by atoms with E-state index in [1.165, 1.54) is 0 Å². The van der Waals surface area contributed by atoms with E-state index in [9.17, 15) is 4.79 Å². The normalized spacial score (nSPS) is 17.4. The van der Waals surface area contributed by atoms with Gasteiger partial charge < -0.3 is 10.1 Å². The van der Waals surface area contributed by atoms with E-state index in [4.69, 9.17) is 20.1 Å². The molecule has 154 valence electrons. The summed E-state index contributed by atoms with van der Waals surface area (Å²) in [5.74, 6) is 2.13. The van der Waals surface area contributed by atoms with Crippen LogP contribution in [-0.4, -0.2) is 27.2 Å². The second kappa shape index (κ2) is 7.73. The molecule has 2 heterocycles. The first kappa shape index (κ1) is 19.1. The summed E-state index contributed by atoms with van der Waals surface area (Å²) in [5.41, 5.74) is 4.02. The highest BCUT2D eigenvalue weighted by atomic mass is 16.5. The molecule has 0 radical (unpaired) electrons. The molecule has 3 aromatic rings. The molecule has 31 heavy (non-hydrogen) atoms. The Kier molecular flexibility index (Phi) is 4.75. The average Bonchev–Trinajstić information content (AvgIpc) is 3.22. The predicted molar refractivity (Wildman–Crippen MR) is 115 cm³/mol. The molecular formula is C24H21N5O2. The summed E-state index contributed by atoms with van der Waals surface area (Å²) < 4.78 is 7.31. The molecule has 7 heteroatoms. The van der Waals surface area contributed by atoms with Crippen molar-refractivity contribution >= 4 is 11.7 Å². The molecule has 0 saturated heterocycles. The highest BCUT2D eigenvalue weighted by Gasteiger charge is 2.36. The van der Waals surface area contributed by atoms with Gasteiger partial charge in [-0.15, -0.1) is 5.10 Å². The van der Waals surface area contributed by atoms with Crippen LogP contribution in [0, 0.1) is 11.3 Å². The molecule has 1 atom stereocenters. The van der Waals surface area contributed by atoms with Crippen molar-refractivity contribution in [3.05, 3.63) is 70.9 Å². The van der Waals surface area contributed by atoms with E-state index in [1.54, 1.807) is 16.8 Å². The number of ether oxygens (including phenoxy) is 1. The number of fused-ring (bicyclic) bond motifs is 1. The van der Waals surface area contributed by atoms with Crippen molar-refractivity contribution in [3.63, 3.8) is 0 Å². The van der Waals surface area contributed by atoms with Gasteiger partial charge in [0.1, 0.15) is 11.8 Å². The van der Waals surface area contributed by atoms with E-state index in [1.807, 2.05) is 43.3 Å². The summed E-state index contributed by atoms with van der Waals surface area (Å²) in [7, 11) is 0. The molecule has 1 aromatic heterocycles. The van der Waals surface area contributed by atoms with Gasteiger partial charge in [-0.2, -0.15) is 10.2 Å². The maximum Gasteiger partial charge on any atom is 0.226 e. The molecule has 0 saturated carbocycles. The Morgan fingerprint density at radius 1 is 1.16 bits per heavy atom. The third-order valence-corrected chi connectivity index (χ3v) is 5.65. The van der Waals surface area contributed by atoms with Crippen LogP contribution in [0.2, 0.25) is 0 Å².